The van der Waals surface area contributed by atoms with Crippen molar-refractivity contribution in [3.8, 4) is 0 Å². The van der Waals surface area contributed by atoms with E-state index in [9.17, 15) is 4.21 Å². The second kappa shape index (κ2) is 8.11. The molecule has 0 amide bonds. The lowest BCUT2D eigenvalue weighted by Gasteiger charge is -2.20. The Morgan fingerprint density at radius 2 is 1.26 bits per heavy atom. The molecule has 3 aromatic rings. The van der Waals surface area contributed by atoms with E-state index < -0.39 is 11.0 Å². The molecule has 23 heavy (non-hydrogen) atoms. The second-order valence-electron chi connectivity index (χ2n) is 4.94. The van der Waals surface area contributed by atoms with Crippen molar-refractivity contribution in [2.24, 2.45) is 0 Å². The summed E-state index contributed by atoms with van der Waals surface area (Å²) in [6.07, 6.45) is 0. The second-order valence-corrected chi connectivity index (χ2v) is 7.68. The van der Waals surface area contributed by atoms with Crippen LogP contribution in [0.4, 0.5) is 0 Å². The van der Waals surface area contributed by atoms with Crippen molar-refractivity contribution >= 4 is 22.9 Å². The van der Waals surface area contributed by atoms with E-state index in [4.69, 9.17) is 0 Å². The van der Waals surface area contributed by atoms with Gasteiger partial charge in [-0.05, 0) is 41.8 Å². The van der Waals surface area contributed by atoms with Gasteiger partial charge in [0.25, 0.3) is 0 Å². The summed E-state index contributed by atoms with van der Waals surface area (Å²) in [5.74, 6) is 0. The Balaban J connectivity index is 1.85. The maximum atomic E-state index is 13.0. The van der Waals surface area contributed by atoms with Crippen LogP contribution in [0.5, 0.6) is 0 Å². The van der Waals surface area contributed by atoms with Crippen LogP contribution >= 0.6 is 11.9 Å². The minimum absolute atomic E-state index is 0.613. The summed E-state index contributed by atoms with van der Waals surface area (Å²) in [5, 5.41) is 0. The lowest BCUT2D eigenvalue weighted by atomic mass is 10.2. The SMILES string of the molecule is O=[S@@](c1ccccc1)N(Cc1ccccc1)Sc1ccccc1. The molecule has 3 rings (SSSR count). The molecule has 0 aliphatic heterocycles. The van der Waals surface area contributed by atoms with Crippen LogP contribution in [0, 0.1) is 0 Å². The molecule has 0 fully saturated rings. The normalized spacial score (nSPS) is 12.2. The van der Waals surface area contributed by atoms with Crippen molar-refractivity contribution in [3.05, 3.63) is 96.6 Å². The molecule has 3 aromatic carbocycles. The van der Waals surface area contributed by atoms with Gasteiger partial charge in [-0.25, -0.2) is 4.21 Å². The fourth-order valence-corrected chi connectivity index (χ4v) is 4.52. The third kappa shape index (κ3) is 4.55. The van der Waals surface area contributed by atoms with Gasteiger partial charge in [0.2, 0.25) is 0 Å². The fourth-order valence-electron chi connectivity index (χ4n) is 2.11. The van der Waals surface area contributed by atoms with Gasteiger partial charge >= 0.3 is 0 Å². The molecule has 0 aliphatic carbocycles. The highest BCUT2D eigenvalue weighted by atomic mass is 32.2. The Morgan fingerprint density at radius 3 is 1.87 bits per heavy atom. The third-order valence-corrected chi connectivity index (χ3v) is 5.85. The Morgan fingerprint density at radius 1 is 0.739 bits per heavy atom. The quantitative estimate of drug-likeness (QED) is 0.594. The van der Waals surface area contributed by atoms with Crippen molar-refractivity contribution in [1.29, 1.82) is 0 Å². The van der Waals surface area contributed by atoms with Crippen LogP contribution in [0.3, 0.4) is 0 Å². The topological polar surface area (TPSA) is 20.3 Å². The molecule has 0 bridgehead atoms. The first-order chi connectivity index (χ1) is 11.3. The van der Waals surface area contributed by atoms with Gasteiger partial charge in [-0.3, -0.25) is 0 Å². The van der Waals surface area contributed by atoms with Crippen LogP contribution in [0.1, 0.15) is 5.56 Å². The molecule has 0 saturated carbocycles. The Hall–Kier alpha value is -1.88. The molecular formula is C19H17NOS2. The predicted octanol–water partition coefficient (Wildman–Crippen LogP) is 4.92. The Bertz CT molecular complexity index is 707. The highest BCUT2D eigenvalue weighted by Gasteiger charge is 2.17. The van der Waals surface area contributed by atoms with Crippen LogP contribution < -0.4 is 0 Å². The van der Waals surface area contributed by atoms with Gasteiger partial charge in [-0.1, -0.05) is 66.7 Å². The monoisotopic (exact) mass is 339 g/mol. The van der Waals surface area contributed by atoms with Crippen LogP contribution in [-0.4, -0.2) is 7.92 Å². The van der Waals surface area contributed by atoms with Gasteiger partial charge in [0.15, 0.2) is 0 Å². The van der Waals surface area contributed by atoms with E-state index in [1.165, 1.54) is 11.9 Å². The van der Waals surface area contributed by atoms with Crippen LogP contribution in [0.25, 0.3) is 0 Å². The van der Waals surface area contributed by atoms with E-state index in [0.717, 1.165) is 15.4 Å². The minimum Gasteiger partial charge on any atom is -0.236 e. The summed E-state index contributed by atoms with van der Waals surface area (Å²) in [4.78, 5) is 1.89. The summed E-state index contributed by atoms with van der Waals surface area (Å²) < 4.78 is 14.9. The highest BCUT2D eigenvalue weighted by Crippen LogP contribution is 2.28. The first-order valence-corrected chi connectivity index (χ1v) is 9.22. The first-order valence-electron chi connectivity index (χ1n) is 7.34. The van der Waals surface area contributed by atoms with Crippen molar-refractivity contribution in [2.75, 3.05) is 0 Å². The van der Waals surface area contributed by atoms with Crippen molar-refractivity contribution in [2.45, 2.75) is 16.3 Å². The van der Waals surface area contributed by atoms with E-state index in [2.05, 4.69) is 12.1 Å². The zero-order chi connectivity index (χ0) is 15.9. The molecule has 2 nitrogen and oxygen atoms in total. The van der Waals surface area contributed by atoms with Crippen molar-refractivity contribution < 1.29 is 4.21 Å². The lowest BCUT2D eigenvalue weighted by molar-refractivity contribution is 0.626. The van der Waals surface area contributed by atoms with Gasteiger partial charge in [-0.2, -0.15) is 3.71 Å². The summed E-state index contributed by atoms with van der Waals surface area (Å²) in [7, 11) is -1.23. The molecule has 1 atom stereocenters. The van der Waals surface area contributed by atoms with E-state index in [1.54, 1.807) is 0 Å². The summed E-state index contributed by atoms with van der Waals surface area (Å²) >= 11 is 1.52. The maximum Gasteiger partial charge on any atom is 0.138 e. The van der Waals surface area contributed by atoms with Crippen molar-refractivity contribution in [3.63, 3.8) is 0 Å². The third-order valence-electron chi connectivity index (χ3n) is 3.23. The molecule has 116 valence electrons. The van der Waals surface area contributed by atoms with Gasteiger partial charge in [0.05, 0.1) is 4.90 Å². The molecule has 0 radical (unpaired) electrons. The van der Waals surface area contributed by atoms with Gasteiger partial charge < -0.3 is 0 Å². The molecule has 4 heteroatoms. The largest absolute Gasteiger partial charge is 0.236 e. The Labute approximate surface area is 143 Å². The molecule has 0 heterocycles. The maximum absolute atomic E-state index is 13.0. The van der Waals surface area contributed by atoms with Gasteiger partial charge in [0.1, 0.15) is 11.0 Å². The molecule has 0 spiro atoms. The smallest absolute Gasteiger partial charge is 0.138 e. The van der Waals surface area contributed by atoms with Gasteiger partial charge in [0, 0.05) is 11.4 Å². The molecule has 0 aromatic heterocycles. The van der Waals surface area contributed by atoms with E-state index in [-0.39, 0.29) is 0 Å². The van der Waals surface area contributed by atoms with Crippen LogP contribution in [0.2, 0.25) is 0 Å². The first kappa shape index (κ1) is 16.0. The highest BCUT2D eigenvalue weighted by molar-refractivity contribution is 8.06. The molecule has 0 unspecified atom stereocenters. The zero-order valence-electron chi connectivity index (χ0n) is 12.5. The van der Waals surface area contributed by atoms with Crippen LogP contribution in [0.15, 0.2) is 101 Å². The predicted molar refractivity (Wildman–Crippen MR) is 97.1 cm³/mol. The van der Waals surface area contributed by atoms with Crippen molar-refractivity contribution in [1.82, 2.24) is 3.71 Å². The standard InChI is InChI=1S/C19H17NOS2/c21-23(19-14-8-3-9-15-19)20(16-17-10-4-1-5-11-17)22-18-12-6-2-7-13-18/h1-15H,16H2/t23-/m0/s1. The fraction of sp³-hybridized carbons (Fsp3) is 0.0526. The van der Waals surface area contributed by atoms with E-state index >= 15 is 0 Å². The minimum atomic E-state index is -1.23. The van der Waals surface area contributed by atoms with E-state index in [1.807, 2.05) is 82.6 Å². The number of nitrogens with zero attached hydrogens (tertiary/aromatic N) is 1. The number of benzene rings is 3. The lowest BCUT2D eigenvalue weighted by Crippen LogP contribution is -2.18. The summed E-state index contributed by atoms with van der Waals surface area (Å²) in [6, 6.07) is 29.7. The van der Waals surface area contributed by atoms with Crippen LogP contribution in [-0.2, 0) is 17.5 Å². The molecular weight excluding hydrogens is 322 g/mol. The summed E-state index contributed by atoms with van der Waals surface area (Å²) in [5.41, 5.74) is 1.14. The van der Waals surface area contributed by atoms with E-state index in [0.29, 0.717) is 6.54 Å². The van der Waals surface area contributed by atoms with Gasteiger partial charge in [-0.15, -0.1) is 0 Å². The number of hydrogen-bond acceptors (Lipinski definition) is 2. The molecule has 0 N–H and O–H groups in total. The molecule has 0 aliphatic rings. The molecule has 0 saturated heterocycles. The number of hydrogen-bond donors (Lipinski definition) is 0. The number of rotatable bonds is 6. The average molecular weight is 339 g/mol. The average Bonchev–Trinajstić information content (AvgIpc) is 2.63. The summed E-state index contributed by atoms with van der Waals surface area (Å²) in [6.45, 7) is 0.613. The Kier molecular flexibility index (Phi) is 5.64. The zero-order valence-corrected chi connectivity index (χ0v) is 14.2.